The van der Waals surface area contributed by atoms with Crippen molar-refractivity contribution in [1.29, 1.82) is 0 Å². The lowest BCUT2D eigenvalue weighted by Gasteiger charge is -1.93. The van der Waals surface area contributed by atoms with Crippen molar-refractivity contribution >= 4 is 30.2 Å². The number of rotatable bonds is 10. The van der Waals surface area contributed by atoms with E-state index >= 15 is 0 Å². The molecule has 4 N–H and O–H groups in total. The highest BCUT2D eigenvalue weighted by molar-refractivity contribution is 5.85. The van der Waals surface area contributed by atoms with Crippen molar-refractivity contribution in [3.05, 3.63) is 24.3 Å². The van der Waals surface area contributed by atoms with Gasteiger partial charge in [-0.3, -0.25) is 0 Å². The summed E-state index contributed by atoms with van der Waals surface area (Å²) < 4.78 is 4.18. The normalized spacial score (nSPS) is 7.83. The quantitative estimate of drug-likeness (QED) is 0.204. The van der Waals surface area contributed by atoms with Crippen molar-refractivity contribution in [1.82, 2.24) is 0 Å². The molecular formula is C19H31N3O8. The molecule has 0 aromatic heterocycles. The van der Waals surface area contributed by atoms with Gasteiger partial charge in [0.2, 0.25) is 12.2 Å². The Morgan fingerprint density at radius 3 is 1.30 bits per heavy atom. The molecule has 0 radical (unpaired) electrons. The maximum Gasteiger partial charge on any atom is 0.404 e. The number of unbranched alkanes of at least 4 members (excludes halogenated alkanes) is 3. The average molecular weight is 429 g/mol. The number of hydrogen-bond donors (Lipinski definition) is 3. The molecule has 11 nitrogen and oxygen atoms in total. The van der Waals surface area contributed by atoms with Gasteiger partial charge < -0.3 is 20.7 Å². The van der Waals surface area contributed by atoms with Crippen LogP contribution in [0.2, 0.25) is 0 Å². The minimum atomic E-state index is -0.935. The zero-order valence-corrected chi connectivity index (χ0v) is 17.7. The summed E-state index contributed by atoms with van der Waals surface area (Å²) in [5.41, 5.74) is 4.89. The fourth-order valence-electron chi connectivity index (χ4n) is 0.969. The van der Waals surface area contributed by atoms with Crippen molar-refractivity contribution in [3.63, 3.8) is 0 Å². The molecule has 0 spiro atoms. The van der Waals surface area contributed by atoms with E-state index < -0.39 is 18.0 Å². The minimum Gasteiger partial charge on any atom is -0.478 e. The van der Waals surface area contributed by atoms with Crippen LogP contribution in [-0.2, 0) is 23.9 Å². The first-order chi connectivity index (χ1) is 14.0. The summed E-state index contributed by atoms with van der Waals surface area (Å²) in [6, 6.07) is 0. The van der Waals surface area contributed by atoms with Crippen LogP contribution >= 0.6 is 0 Å². The molecule has 0 saturated carbocycles. The number of ether oxygens (including phenoxy) is 1. The fourth-order valence-corrected chi connectivity index (χ4v) is 0.969. The van der Waals surface area contributed by atoms with E-state index in [1.165, 1.54) is 26.0 Å². The second-order valence-corrected chi connectivity index (χ2v) is 5.28. The Morgan fingerprint density at radius 2 is 1.17 bits per heavy atom. The van der Waals surface area contributed by atoms with Gasteiger partial charge in [0, 0.05) is 11.1 Å². The monoisotopic (exact) mass is 429 g/mol. The van der Waals surface area contributed by atoms with Crippen LogP contribution in [0, 0.1) is 0 Å². The van der Waals surface area contributed by atoms with Crippen LogP contribution in [0.5, 0.6) is 0 Å². The summed E-state index contributed by atoms with van der Waals surface area (Å²) in [5, 5.41) is 15.8. The van der Waals surface area contributed by atoms with Crippen molar-refractivity contribution in [2.45, 2.75) is 46.5 Å². The smallest absolute Gasteiger partial charge is 0.404 e. The van der Waals surface area contributed by atoms with Gasteiger partial charge in [0.25, 0.3) is 0 Å². The lowest BCUT2D eigenvalue weighted by Crippen LogP contribution is -2.11. The Balaban J connectivity index is -0.000000161. The number of carboxylic acids is 2. The molecule has 30 heavy (non-hydrogen) atoms. The fraction of sp³-hybridized carbons (Fsp3) is 0.526. The standard InChI is InChI=1S/C8H12N2O2.2C4H6O2.C3H7NO2/c11-7-9-5-3-1-2-4-6-10-8-12;2*1-3(2)4(5)6;1-2-6-3(4)5/h1-6H2;2*1H2,2H3,(H,5,6);2H2,1H3,(H2,4,5). The van der Waals surface area contributed by atoms with Crippen LogP contribution < -0.4 is 5.73 Å². The van der Waals surface area contributed by atoms with Gasteiger partial charge in [-0.05, 0) is 33.6 Å². The van der Waals surface area contributed by atoms with Crippen LogP contribution in [-0.4, -0.2) is 60.1 Å². The lowest BCUT2D eigenvalue weighted by molar-refractivity contribution is -0.133. The van der Waals surface area contributed by atoms with Crippen molar-refractivity contribution < 1.29 is 38.9 Å². The van der Waals surface area contributed by atoms with E-state index in [1.807, 2.05) is 0 Å². The van der Waals surface area contributed by atoms with Crippen LogP contribution in [0.15, 0.2) is 34.3 Å². The topological polar surface area (TPSA) is 186 Å². The van der Waals surface area contributed by atoms with Gasteiger partial charge in [0.05, 0.1) is 19.7 Å². The maximum atomic E-state index is 9.63. The molecule has 0 aliphatic heterocycles. The number of carbonyl (C=O) groups excluding carboxylic acids is 3. The number of isocyanates is 2. The van der Waals surface area contributed by atoms with Crippen LogP contribution in [0.4, 0.5) is 4.79 Å². The van der Waals surface area contributed by atoms with Gasteiger partial charge in [0.1, 0.15) is 0 Å². The highest BCUT2D eigenvalue weighted by Gasteiger charge is 1.91. The van der Waals surface area contributed by atoms with Gasteiger partial charge in [-0.2, -0.15) is 0 Å². The predicted molar refractivity (Wildman–Crippen MR) is 111 cm³/mol. The average Bonchev–Trinajstić information content (AvgIpc) is 2.65. The van der Waals surface area contributed by atoms with E-state index in [0.29, 0.717) is 19.7 Å². The molecule has 0 heterocycles. The maximum absolute atomic E-state index is 9.63. The van der Waals surface area contributed by atoms with E-state index in [2.05, 4.69) is 33.6 Å². The summed E-state index contributed by atoms with van der Waals surface area (Å²) in [6.07, 6.45) is 6.09. The lowest BCUT2D eigenvalue weighted by atomic mass is 10.2. The largest absolute Gasteiger partial charge is 0.478 e. The predicted octanol–water partition coefficient (Wildman–Crippen LogP) is 2.61. The van der Waals surface area contributed by atoms with E-state index in [-0.39, 0.29) is 11.1 Å². The highest BCUT2D eigenvalue weighted by atomic mass is 16.5. The Bertz CT molecular complexity index is 549. The van der Waals surface area contributed by atoms with Crippen LogP contribution in [0.25, 0.3) is 0 Å². The number of aliphatic imine (C=N–C) groups is 2. The summed E-state index contributed by atoms with van der Waals surface area (Å²) in [7, 11) is 0. The molecule has 11 heteroatoms. The number of primary amides is 1. The molecule has 1 amide bonds. The third kappa shape index (κ3) is 49.7. The highest BCUT2D eigenvalue weighted by Crippen LogP contribution is 1.99. The van der Waals surface area contributed by atoms with E-state index in [4.69, 9.17) is 10.2 Å². The minimum absolute atomic E-state index is 0.176. The van der Waals surface area contributed by atoms with Crippen molar-refractivity contribution in [2.75, 3.05) is 19.7 Å². The molecule has 170 valence electrons. The number of nitrogens with zero attached hydrogens (tertiary/aromatic N) is 2. The van der Waals surface area contributed by atoms with E-state index in [1.54, 1.807) is 6.92 Å². The first-order valence-corrected chi connectivity index (χ1v) is 8.74. The van der Waals surface area contributed by atoms with Gasteiger partial charge >= 0.3 is 18.0 Å². The molecule has 0 unspecified atom stereocenters. The summed E-state index contributed by atoms with van der Waals surface area (Å²) >= 11 is 0. The molecule has 0 aliphatic carbocycles. The van der Waals surface area contributed by atoms with Gasteiger partial charge in [-0.25, -0.2) is 34.0 Å². The molecule has 0 atom stereocenters. The number of amides is 1. The number of hydrogen-bond acceptors (Lipinski definition) is 8. The Kier molecular flexibility index (Phi) is 31.3. The number of carbonyl (C=O) groups is 3. The molecule has 0 aromatic carbocycles. The first kappa shape index (κ1) is 34.0. The van der Waals surface area contributed by atoms with Crippen LogP contribution in [0.3, 0.4) is 0 Å². The third-order valence-corrected chi connectivity index (χ3v) is 2.44. The zero-order chi connectivity index (χ0) is 24.4. The molecular weight excluding hydrogens is 398 g/mol. The Morgan fingerprint density at radius 1 is 0.867 bits per heavy atom. The molecule has 0 fully saturated rings. The van der Waals surface area contributed by atoms with Crippen LogP contribution in [0.1, 0.15) is 46.5 Å². The summed E-state index contributed by atoms with van der Waals surface area (Å²) in [5.74, 6) is -1.87. The SMILES string of the molecule is C=C(C)C(=O)O.C=C(C)C(=O)O.CCOC(N)=O.O=C=NCCCCCCN=C=O. The van der Waals surface area contributed by atoms with Crippen molar-refractivity contribution in [3.8, 4) is 0 Å². The molecule has 0 bridgehead atoms. The molecule has 0 rings (SSSR count). The second kappa shape index (κ2) is 27.7. The molecule has 0 aromatic rings. The van der Waals surface area contributed by atoms with E-state index in [9.17, 15) is 24.0 Å². The first-order valence-electron chi connectivity index (χ1n) is 8.74. The van der Waals surface area contributed by atoms with Crippen molar-refractivity contribution in [2.24, 2.45) is 15.7 Å². The number of carboxylic acid groups (broad SMARTS) is 2. The zero-order valence-electron chi connectivity index (χ0n) is 17.7. The third-order valence-electron chi connectivity index (χ3n) is 2.44. The van der Waals surface area contributed by atoms with Gasteiger partial charge in [-0.15, -0.1) is 0 Å². The molecule has 0 saturated heterocycles. The van der Waals surface area contributed by atoms with Gasteiger partial charge in [-0.1, -0.05) is 26.0 Å². The summed E-state index contributed by atoms with van der Waals surface area (Å²) in [6.45, 7) is 12.4. The number of nitrogens with two attached hydrogens (primary N) is 1. The van der Waals surface area contributed by atoms with Gasteiger partial charge in [0.15, 0.2) is 0 Å². The summed E-state index contributed by atoms with van der Waals surface area (Å²) in [4.78, 5) is 54.9. The van der Waals surface area contributed by atoms with E-state index in [0.717, 1.165) is 25.7 Å². The Hall–Kier alpha value is -3.55. The molecule has 0 aliphatic rings. The number of aliphatic carboxylic acids is 2. The second-order valence-electron chi connectivity index (χ2n) is 5.28. The Labute approximate surface area is 176 Å².